The molecule has 0 amide bonds. The van der Waals surface area contributed by atoms with Gasteiger partial charge in [0.2, 0.25) is 0 Å². The molecule has 1 unspecified atom stereocenters. The van der Waals surface area contributed by atoms with E-state index in [4.69, 9.17) is 4.74 Å². The number of rotatable bonds is 4. The lowest BCUT2D eigenvalue weighted by molar-refractivity contribution is -0.149. The normalized spacial score (nSPS) is 23.5. The van der Waals surface area contributed by atoms with Gasteiger partial charge in [-0.25, -0.2) is 0 Å². The second kappa shape index (κ2) is 11.1. The van der Waals surface area contributed by atoms with Crippen molar-refractivity contribution in [3.8, 4) is 0 Å². The lowest BCUT2D eigenvalue weighted by Crippen LogP contribution is -2.48. The van der Waals surface area contributed by atoms with E-state index in [0.29, 0.717) is 12.5 Å². The van der Waals surface area contributed by atoms with Crippen LogP contribution < -0.4 is 5.32 Å². The van der Waals surface area contributed by atoms with E-state index >= 15 is 0 Å². The van der Waals surface area contributed by atoms with Gasteiger partial charge in [0, 0.05) is 33.2 Å². The molecule has 2 rings (SSSR count). The number of carbonyl (C=O) groups excluding carboxylic acids is 1. The van der Waals surface area contributed by atoms with Crippen LogP contribution in [0.5, 0.6) is 0 Å². The second-order valence-corrected chi connectivity index (χ2v) is 6.71. The number of hydrogen-bond donors (Lipinski definition) is 1. The molecule has 0 aromatic heterocycles. The van der Waals surface area contributed by atoms with Gasteiger partial charge in [-0.3, -0.25) is 9.79 Å². The summed E-state index contributed by atoms with van der Waals surface area (Å²) in [6, 6.07) is 0. The second-order valence-electron chi connectivity index (χ2n) is 6.71. The lowest BCUT2D eigenvalue weighted by Gasteiger charge is -2.35. The first-order valence-electron chi connectivity index (χ1n) is 8.94. The Bertz CT molecular complexity index is 411. The van der Waals surface area contributed by atoms with Crippen LogP contribution in [0, 0.1) is 11.8 Å². The number of halogens is 1. The average molecular weight is 452 g/mol. The molecule has 2 aliphatic rings. The van der Waals surface area contributed by atoms with E-state index in [2.05, 4.69) is 27.2 Å². The Morgan fingerprint density at radius 2 is 1.96 bits per heavy atom. The number of nitrogens with zero attached hydrogens (tertiary/aromatic N) is 3. The number of hydrogen-bond acceptors (Lipinski definition) is 4. The fourth-order valence-electron chi connectivity index (χ4n) is 3.59. The van der Waals surface area contributed by atoms with E-state index in [9.17, 15) is 4.79 Å². The summed E-state index contributed by atoms with van der Waals surface area (Å²) in [4.78, 5) is 20.9. The third-order valence-electron chi connectivity index (χ3n) is 4.90. The van der Waals surface area contributed by atoms with Gasteiger partial charge in [0.25, 0.3) is 0 Å². The summed E-state index contributed by atoms with van der Waals surface area (Å²) in [7, 11) is 4.04. The maximum absolute atomic E-state index is 11.8. The monoisotopic (exact) mass is 452 g/mol. The number of esters is 1. The Morgan fingerprint density at radius 1 is 1.25 bits per heavy atom. The van der Waals surface area contributed by atoms with E-state index in [1.807, 2.05) is 14.0 Å². The molecule has 2 saturated heterocycles. The summed E-state index contributed by atoms with van der Waals surface area (Å²) < 4.78 is 5.13. The third kappa shape index (κ3) is 6.38. The molecule has 0 bridgehead atoms. The number of carbonyl (C=O) groups is 1. The van der Waals surface area contributed by atoms with E-state index in [1.165, 1.54) is 19.4 Å². The topological polar surface area (TPSA) is 57.2 Å². The Hall–Kier alpha value is -0.570. The van der Waals surface area contributed by atoms with Crippen LogP contribution >= 0.6 is 24.0 Å². The number of guanidine groups is 1. The Balaban J connectivity index is 0.00000288. The summed E-state index contributed by atoms with van der Waals surface area (Å²) in [5.74, 6) is 1.68. The van der Waals surface area contributed by atoms with Crippen LogP contribution in [0.15, 0.2) is 4.99 Å². The molecule has 0 radical (unpaired) electrons. The first-order chi connectivity index (χ1) is 11.1. The minimum Gasteiger partial charge on any atom is -0.466 e. The number of ether oxygens (including phenoxy) is 1. The molecule has 6 nitrogen and oxygen atoms in total. The third-order valence-corrected chi connectivity index (χ3v) is 4.90. The fourth-order valence-corrected chi connectivity index (χ4v) is 3.59. The van der Waals surface area contributed by atoms with Gasteiger partial charge >= 0.3 is 5.97 Å². The maximum Gasteiger partial charge on any atom is 0.309 e. The van der Waals surface area contributed by atoms with Gasteiger partial charge in [-0.05, 0) is 52.1 Å². The van der Waals surface area contributed by atoms with Crippen LogP contribution in [0.1, 0.15) is 32.6 Å². The van der Waals surface area contributed by atoms with E-state index < -0.39 is 0 Å². The fraction of sp³-hybridized carbons (Fsp3) is 0.882. The van der Waals surface area contributed by atoms with Crippen molar-refractivity contribution in [1.82, 2.24) is 15.1 Å². The van der Waals surface area contributed by atoms with Crippen LogP contribution in [0.4, 0.5) is 0 Å². The van der Waals surface area contributed by atoms with Crippen LogP contribution in [0.2, 0.25) is 0 Å². The van der Waals surface area contributed by atoms with E-state index in [1.54, 1.807) is 0 Å². The van der Waals surface area contributed by atoms with Gasteiger partial charge in [-0.15, -0.1) is 24.0 Å². The zero-order valence-corrected chi connectivity index (χ0v) is 17.6. The molecule has 140 valence electrons. The van der Waals surface area contributed by atoms with Crippen molar-refractivity contribution >= 4 is 35.9 Å². The summed E-state index contributed by atoms with van der Waals surface area (Å²) in [6.45, 7) is 7.43. The summed E-state index contributed by atoms with van der Waals surface area (Å²) in [5.41, 5.74) is 0. The minimum atomic E-state index is -0.0414. The first-order valence-corrected chi connectivity index (χ1v) is 8.94. The highest BCUT2D eigenvalue weighted by atomic mass is 127. The molecular formula is C17H33IN4O2. The average Bonchev–Trinajstić information content (AvgIpc) is 2.56. The van der Waals surface area contributed by atoms with Gasteiger partial charge in [-0.1, -0.05) is 0 Å². The first kappa shape index (κ1) is 21.5. The molecule has 7 heteroatoms. The van der Waals surface area contributed by atoms with Crippen LogP contribution in [-0.4, -0.2) is 75.2 Å². The standard InChI is InChI=1S/C17H32N4O2.HI/c1-4-23-16(22)15-7-10-21(11-8-15)17(18-2)19-12-14-6-5-9-20(3)13-14;/h14-15H,4-13H2,1-3H3,(H,18,19);1H. The molecule has 0 saturated carbocycles. The molecule has 0 aromatic carbocycles. The van der Waals surface area contributed by atoms with Gasteiger partial charge < -0.3 is 19.9 Å². The van der Waals surface area contributed by atoms with E-state index in [0.717, 1.165) is 45.0 Å². The van der Waals surface area contributed by atoms with Gasteiger partial charge in [0.15, 0.2) is 5.96 Å². The SMILES string of the molecule is CCOC(=O)C1CCN(C(=NC)NCC2CCCN(C)C2)CC1.I. The Kier molecular flexibility index (Phi) is 9.95. The van der Waals surface area contributed by atoms with Crippen molar-refractivity contribution in [1.29, 1.82) is 0 Å². The predicted molar refractivity (Wildman–Crippen MR) is 108 cm³/mol. The van der Waals surface area contributed by atoms with Crippen molar-refractivity contribution in [3.05, 3.63) is 0 Å². The maximum atomic E-state index is 11.8. The molecule has 1 N–H and O–H groups in total. The summed E-state index contributed by atoms with van der Waals surface area (Å²) in [6.07, 6.45) is 4.28. The van der Waals surface area contributed by atoms with Crippen molar-refractivity contribution in [3.63, 3.8) is 0 Å². The Labute approximate surface area is 163 Å². The molecular weight excluding hydrogens is 419 g/mol. The van der Waals surface area contributed by atoms with Crippen molar-refractivity contribution in [2.24, 2.45) is 16.8 Å². The smallest absolute Gasteiger partial charge is 0.309 e. The van der Waals surface area contributed by atoms with Crippen molar-refractivity contribution in [2.45, 2.75) is 32.6 Å². The number of nitrogens with one attached hydrogen (secondary N) is 1. The Morgan fingerprint density at radius 3 is 2.54 bits per heavy atom. The molecule has 2 fully saturated rings. The van der Waals surface area contributed by atoms with E-state index in [-0.39, 0.29) is 35.9 Å². The van der Waals surface area contributed by atoms with Crippen LogP contribution in [0.3, 0.4) is 0 Å². The molecule has 0 spiro atoms. The number of likely N-dealkylation sites (tertiary alicyclic amines) is 2. The highest BCUT2D eigenvalue weighted by Gasteiger charge is 2.27. The molecule has 2 aliphatic heterocycles. The van der Waals surface area contributed by atoms with Crippen molar-refractivity contribution in [2.75, 3.05) is 53.4 Å². The summed E-state index contributed by atoms with van der Waals surface area (Å²) in [5, 5.41) is 3.53. The predicted octanol–water partition coefficient (Wildman–Crippen LogP) is 1.80. The highest BCUT2D eigenvalue weighted by molar-refractivity contribution is 14.0. The number of aliphatic imine (C=N–C) groups is 1. The zero-order chi connectivity index (χ0) is 16.7. The molecule has 2 heterocycles. The highest BCUT2D eigenvalue weighted by Crippen LogP contribution is 2.19. The molecule has 24 heavy (non-hydrogen) atoms. The molecule has 1 atom stereocenters. The van der Waals surface area contributed by atoms with Gasteiger partial charge in [-0.2, -0.15) is 0 Å². The van der Waals surface area contributed by atoms with Gasteiger partial charge in [0.1, 0.15) is 0 Å². The van der Waals surface area contributed by atoms with Crippen LogP contribution in [0.25, 0.3) is 0 Å². The van der Waals surface area contributed by atoms with Crippen LogP contribution in [-0.2, 0) is 9.53 Å². The molecule has 0 aliphatic carbocycles. The summed E-state index contributed by atoms with van der Waals surface area (Å²) >= 11 is 0. The minimum absolute atomic E-state index is 0. The quantitative estimate of drug-likeness (QED) is 0.305. The van der Waals surface area contributed by atoms with Crippen molar-refractivity contribution < 1.29 is 9.53 Å². The van der Waals surface area contributed by atoms with Gasteiger partial charge in [0.05, 0.1) is 12.5 Å². The largest absolute Gasteiger partial charge is 0.466 e. The number of piperidine rings is 2. The molecule has 0 aromatic rings. The lowest BCUT2D eigenvalue weighted by atomic mass is 9.97. The zero-order valence-electron chi connectivity index (χ0n) is 15.3.